The molecule has 2 rings (SSSR count). The van der Waals surface area contributed by atoms with Crippen molar-refractivity contribution in [2.45, 2.75) is 12.8 Å². The molecule has 2 aromatic heterocycles. The molecule has 0 saturated carbocycles. The Labute approximate surface area is 97.3 Å². The first kappa shape index (κ1) is 10.7. The van der Waals surface area contributed by atoms with Crippen LogP contribution in [0.1, 0.15) is 18.7 Å². The van der Waals surface area contributed by atoms with E-state index in [0.29, 0.717) is 6.54 Å². The van der Waals surface area contributed by atoms with Crippen molar-refractivity contribution in [3.05, 3.63) is 27.8 Å². The summed E-state index contributed by atoms with van der Waals surface area (Å²) in [6.45, 7) is 2.64. The summed E-state index contributed by atoms with van der Waals surface area (Å²) < 4.78 is 0.785. The van der Waals surface area contributed by atoms with Crippen molar-refractivity contribution >= 4 is 22.9 Å². The number of imidazole rings is 1. The Hall–Kier alpha value is -0.840. The van der Waals surface area contributed by atoms with Crippen molar-refractivity contribution in [3.8, 4) is 11.3 Å². The molecule has 0 aliphatic carbocycles. The van der Waals surface area contributed by atoms with Gasteiger partial charge in [-0.15, -0.1) is 11.3 Å². The summed E-state index contributed by atoms with van der Waals surface area (Å²) in [5.74, 6) is 1.18. The Morgan fingerprint density at radius 1 is 1.67 bits per heavy atom. The standard InChI is InChI=1S/C10H12ClN3S/c1-6(3-12)10-13-4-8(14-10)7-2-9(11)15-5-7/h2,4-6H,3,12H2,1H3,(H,13,14). The predicted octanol–water partition coefficient (Wildman–Crippen LogP) is 2.85. The number of H-pyrrole nitrogens is 1. The minimum Gasteiger partial charge on any atom is -0.342 e. The van der Waals surface area contributed by atoms with E-state index in [1.165, 1.54) is 11.3 Å². The van der Waals surface area contributed by atoms with Crippen LogP contribution in [0.5, 0.6) is 0 Å². The molecule has 80 valence electrons. The molecule has 2 heterocycles. The normalized spacial score (nSPS) is 13.0. The number of nitrogens with zero attached hydrogens (tertiary/aromatic N) is 1. The lowest BCUT2D eigenvalue weighted by molar-refractivity contribution is 0.725. The van der Waals surface area contributed by atoms with Crippen molar-refractivity contribution in [2.24, 2.45) is 5.73 Å². The van der Waals surface area contributed by atoms with E-state index in [1.54, 1.807) is 0 Å². The third-order valence-corrected chi connectivity index (χ3v) is 3.39. The monoisotopic (exact) mass is 241 g/mol. The summed E-state index contributed by atoms with van der Waals surface area (Å²) in [7, 11) is 0. The van der Waals surface area contributed by atoms with Gasteiger partial charge < -0.3 is 10.7 Å². The minimum atomic E-state index is 0.257. The molecule has 0 aliphatic heterocycles. The molecule has 0 bridgehead atoms. The van der Waals surface area contributed by atoms with Crippen LogP contribution < -0.4 is 5.73 Å². The first-order valence-corrected chi connectivity index (χ1v) is 5.96. The van der Waals surface area contributed by atoms with Crippen molar-refractivity contribution in [1.82, 2.24) is 9.97 Å². The van der Waals surface area contributed by atoms with E-state index < -0.39 is 0 Å². The van der Waals surface area contributed by atoms with Crippen LogP contribution >= 0.6 is 22.9 Å². The van der Waals surface area contributed by atoms with Gasteiger partial charge in [0.2, 0.25) is 0 Å². The number of nitrogens with two attached hydrogens (primary N) is 1. The van der Waals surface area contributed by atoms with Gasteiger partial charge in [-0.3, -0.25) is 0 Å². The Morgan fingerprint density at radius 3 is 3.07 bits per heavy atom. The molecule has 0 aromatic carbocycles. The van der Waals surface area contributed by atoms with Crippen LogP contribution in [-0.4, -0.2) is 16.5 Å². The highest BCUT2D eigenvalue weighted by Gasteiger charge is 2.09. The molecule has 1 atom stereocenters. The quantitative estimate of drug-likeness (QED) is 0.868. The maximum Gasteiger partial charge on any atom is 0.110 e. The van der Waals surface area contributed by atoms with Crippen LogP contribution in [0, 0.1) is 0 Å². The molecule has 0 saturated heterocycles. The maximum absolute atomic E-state index is 5.87. The van der Waals surface area contributed by atoms with Gasteiger partial charge in [0.15, 0.2) is 0 Å². The SMILES string of the molecule is CC(CN)c1ncc(-c2csc(Cl)c2)[nH]1. The molecule has 1 unspecified atom stereocenters. The predicted molar refractivity (Wildman–Crippen MR) is 64.4 cm³/mol. The van der Waals surface area contributed by atoms with Gasteiger partial charge in [-0.2, -0.15) is 0 Å². The van der Waals surface area contributed by atoms with Crippen LogP contribution in [0.2, 0.25) is 4.34 Å². The summed E-state index contributed by atoms with van der Waals surface area (Å²) in [6, 6.07) is 1.93. The molecule has 3 N–H and O–H groups in total. The average molecular weight is 242 g/mol. The number of rotatable bonds is 3. The number of thiophene rings is 1. The number of nitrogens with one attached hydrogen (secondary N) is 1. The van der Waals surface area contributed by atoms with Crippen molar-refractivity contribution in [2.75, 3.05) is 6.54 Å². The first-order chi connectivity index (χ1) is 7.20. The molecule has 0 radical (unpaired) electrons. The molecule has 2 aromatic rings. The average Bonchev–Trinajstić information content (AvgIpc) is 2.84. The van der Waals surface area contributed by atoms with E-state index in [0.717, 1.165) is 21.4 Å². The highest BCUT2D eigenvalue weighted by atomic mass is 35.5. The highest BCUT2D eigenvalue weighted by Crippen LogP contribution is 2.28. The van der Waals surface area contributed by atoms with Gasteiger partial charge in [-0.25, -0.2) is 4.98 Å². The van der Waals surface area contributed by atoms with Gasteiger partial charge in [0.05, 0.1) is 16.2 Å². The molecule has 0 aliphatic rings. The lowest BCUT2D eigenvalue weighted by Gasteiger charge is -2.02. The molecule has 0 spiro atoms. The van der Waals surface area contributed by atoms with Crippen molar-refractivity contribution in [1.29, 1.82) is 0 Å². The van der Waals surface area contributed by atoms with E-state index in [-0.39, 0.29) is 5.92 Å². The summed E-state index contributed by atoms with van der Waals surface area (Å²) in [4.78, 5) is 7.55. The fourth-order valence-electron chi connectivity index (χ4n) is 1.30. The third-order valence-electron chi connectivity index (χ3n) is 2.29. The van der Waals surface area contributed by atoms with Crippen LogP contribution in [0.25, 0.3) is 11.3 Å². The summed E-state index contributed by atoms with van der Waals surface area (Å²) in [5, 5.41) is 2.01. The number of hydrogen-bond acceptors (Lipinski definition) is 3. The van der Waals surface area contributed by atoms with E-state index in [9.17, 15) is 0 Å². The second-order valence-corrected chi connectivity index (χ2v) is 5.00. The van der Waals surface area contributed by atoms with E-state index in [2.05, 4.69) is 9.97 Å². The van der Waals surface area contributed by atoms with Gasteiger partial charge in [0.25, 0.3) is 0 Å². The number of aromatic amines is 1. The topological polar surface area (TPSA) is 54.7 Å². The highest BCUT2D eigenvalue weighted by molar-refractivity contribution is 7.14. The third kappa shape index (κ3) is 2.22. The van der Waals surface area contributed by atoms with Crippen molar-refractivity contribution < 1.29 is 0 Å². The molecule has 3 nitrogen and oxygen atoms in total. The molecule has 0 fully saturated rings. The molecule has 15 heavy (non-hydrogen) atoms. The summed E-state index contributed by atoms with van der Waals surface area (Å²) in [6.07, 6.45) is 1.82. The van der Waals surface area contributed by atoms with Crippen LogP contribution in [0.4, 0.5) is 0 Å². The number of hydrogen-bond donors (Lipinski definition) is 2. The lowest BCUT2D eigenvalue weighted by atomic mass is 10.2. The van der Waals surface area contributed by atoms with E-state index in [1.807, 2.05) is 24.6 Å². The number of aromatic nitrogens is 2. The Morgan fingerprint density at radius 2 is 2.47 bits per heavy atom. The van der Waals surface area contributed by atoms with E-state index >= 15 is 0 Å². The molecular formula is C10H12ClN3S. The van der Waals surface area contributed by atoms with Gasteiger partial charge in [-0.1, -0.05) is 18.5 Å². The van der Waals surface area contributed by atoms with Gasteiger partial charge in [-0.05, 0) is 6.07 Å². The second-order valence-electron chi connectivity index (χ2n) is 3.46. The largest absolute Gasteiger partial charge is 0.342 e. The van der Waals surface area contributed by atoms with Crippen LogP contribution in [0.3, 0.4) is 0 Å². The Bertz CT molecular complexity index is 449. The maximum atomic E-state index is 5.87. The zero-order chi connectivity index (χ0) is 10.8. The zero-order valence-electron chi connectivity index (χ0n) is 8.33. The summed E-state index contributed by atoms with van der Waals surface area (Å²) >= 11 is 7.39. The molecular weight excluding hydrogens is 230 g/mol. The fourth-order valence-corrected chi connectivity index (χ4v) is 2.18. The smallest absolute Gasteiger partial charge is 0.110 e. The van der Waals surface area contributed by atoms with E-state index in [4.69, 9.17) is 17.3 Å². The molecule has 5 heteroatoms. The Kier molecular flexibility index (Phi) is 3.09. The lowest BCUT2D eigenvalue weighted by Crippen LogP contribution is -2.10. The summed E-state index contributed by atoms with van der Waals surface area (Å²) in [5.41, 5.74) is 7.65. The first-order valence-electron chi connectivity index (χ1n) is 4.70. The minimum absolute atomic E-state index is 0.257. The number of halogens is 1. The van der Waals surface area contributed by atoms with Crippen molar-refractivity contribution in [3.63, 3.8) is 0 Å². The fraction of sp³-hybridized carbons (Fsp3) is 0.300. The molecule has 0 amide bonds. The van der Waals surface area contributed by atoms with Gasteiger partial charge in [0.1, 0.15) is 5.82 Å². The van der Waals surface area contributed by atoms with Gasteiger partial charge >= 0.3 is 0 Å². The van der Waals surface area contributed by atoms with Gasteiger partial charge in [0, 0.05) is 23.4 Å². The van der Waals surface area contributed by atoms with Crippen LogP contribution in [-0.2, 0) is 0 Å². The second kappa shape index (κ2) is 4.35. The Balaban J connectivity index is 2.27. The van der Waals surface area contributed by atoms with Crippen LogP contribution in [0.15, 0.2) is 17.6 Å². The zero-order valence-corrected chi connectivity index (χ0v) is 9.90.